The van der Waals surface area contributed by atoms with Crippen LogP contribution in [0.4, 0.5) is 0 Å². The molecule has 0 spiro atoms. The Hall–Kier alpha value is -1.51. The SMILES string of the molecule is CNC(c1cccc(OC2CC2)c1)c1ccc(C)cc1Cl. The smallest absolute Gasteiger partial charge is 0.120 e. The Morgan fingerprint density at radius 2 is 2.00 bits per heavy atom. The highest BCUT2D eigenvalue weighted by Crippen LogP contribution is 2.32. The predicted molar refractivity (Wildman–Crippen MR) is 87.2 cm³/mol. The van der Waals surface area contributed by atoms with Crippen molar-refractivity contribution >= 4 is 11.6 Å². The van der Waals surface area contributed by atoms with E-state index in [2.05, 4.69) is 29.6 Å². The molecule has 0 saturated heterocycles. The highest BCUT2D eigenvalue weighted by atomic mass is 35.5. The van der Waals surface area contributed by atoms with Crippen molar-refractivity contribution in [3.8, 4) is 5.75 Å². The number of rotatable bonds is 5. The molecule has 0 aromatic heterocycles. The van der Waals surface area contributed by atoms with E-state index in [-0.39, 0.29) is 6.04 Å². The minimum absolute atomic E-state index is 0.0702. The summed E-state index contributed by atoms with van der Waals surface area (Å²) in [6.07, 6.45) is 2.75. The van der Waals surface area contributed by atoms with Crippen molar-refractivity contribution in [1.29, 1.82) is 0 Å². The summed E-state index contributed by atoms with van der Waals surface area (Å²) in [6, 6.07) is 14.5. The van der Waals surface area contributed by atoms with Crippen molar-refractivity contribution in [2.24, 2.45) is 0 Å². The van der Waals surface area contributed by atoms with Gasteiger partial charge in [-0.1, -0.05) is 35.9 Å². The molecule has 1 unspecified atom stereocenters. The lowest BCUT2D eigenvalue weighted by Gasteiger charge is -2.20. The molecule has 1 atom stereocenters. The summed E-state index contributed by atoms with van der Waals surface area (Å²) >= 11 is 6.42. The molecule has 0 aliphatic heterocycles. The molecule has 1 N–H and O–H groups in total. The van der Waals surface area contributed by atoms with E-state index in [1.807, 2.05) is 32.2 Å². The normalized spacial score (nSPS) is 15.8. The van der Waals surface area contributed by atoms with Gasteiger partial charge in [-0.25, -0.2) is 0 Å². The molecule has 2 nitrogen and oxygen atoms in total. The van der Waals surface area contributed by atoms with Crippen molar-refractivity contribution in [2.45, 2.75) is 31.9 Å². The lowest BCUT2D eigenvalue weighted by molar-refractivity contribution is 0.302. The maximum atomic E-state index is 6.42. The Labute approximate surface area is 131 Å². The number of halogens is 1. The molecule has 1 saturated carbocycles. The Kier molecular flexibility index (Phi) is 4.18. The van der Waals surface area contributed by atoms with Crippen molar-refractivity contribution in [3.05, 3.63) is 64.2 Å². The average molecular weight is 302 g/mol. The van der Waals surface area contributed by atoms with Crippen LogP contribution in [0.25, 0.3) is 0 Å². The van der Waals surface area contributed by atoms with Crippen molar-refractivity contribution < 1.29 is 4.74 Å². The highest BCUT2D eigenvalue weighted by Gasteiger charge is 2.24. The van der Waals surface area contributed by atoms with Gasteiger partial charge in [-0.05, 0) is 61.7 Å². The fourth-order valence-electron chi connectivity index (χ4n) is 2.51. The van der Waals surface area contributed by atoms with Gasteiger partial charge in [0.25, 0.3) is 0 Å². The van der Waals surface area contributed by atoms with Crippen LogP contribution in [-0.2, 0) is 0 Å². The van der Waals surface area contributed by atoms with E-state index >= 15 is 0 Å². The predicted octanol–water partition coefficient (Wildman–Crippen LogP) is 4.50. The number of ether oxygens (including phenoxy) is 1. The van der Waals surface area contributed by atoms with Gasteiger partial charge in [0.1, 0.15) is 5.75 Å². The second-order valence-electron chi connectivity index (χ2n) is 5.64. The number of aryl methyl sites for hydroxylation is 1. The topological polar surface area (TPSA) is 21.3 Å². The van der Waals surface area contributed by atoms with Crippen molar-refractivity contribution in [2.75, 3.05) is 7.05 Å². The summed E-state index contributed by atoms with van der Waals surface area (Å²) in [4.78, 5) is 0. The van der Waals surface area contributed by atoms with Gasteiger partial charge >= 0.3 is 0 Å². The quantitative estimate of drug-likeness (QED) is 0.878. The molecule has 0 heterocycles. The van der Waals surface area contributed by atoms with Crippen LogP contribution in [0.2, 0.25) is 5.02 Å². The van der Waals surface area contributed by atoms with Gasteiger partial charge < -0.3 is 10.1 Å². The molecule has 2 aromatic carbocycles. The second-order valence-corrected chi connectivity index (χ2v) is 6.04. The molecule has 3 rings (SSSR count). The van der Waals surface area contributed by atoms with E-state index in [9.17, 15) is 0 Å². The average Bonchev–Trinajstić information content (AvgIpc) is 3.26. The zero-order chi connectivity index (χ0) is 14.8. The minimum atomic E-state index is 0.0702. The van der Waals surface area contributed by atoms with Crippen LogP contribution in [0.15, 0.2) is 42.5 Å². The van der Waals surface area contributed by atoms with Crippen LogP contribution in [0.5, 0.6) is 5.75 Å². The van der Waals surface area contributed by atoms with E-state index < -0.39 is 0 Å². The zero-order valence-corrected chi connectivity index (χ0v) is 13.2. The molecule has 1 aliphatic carbocycles. The summed E-state index contributed by atoms with van der Waals surface area (Å²) in [5, 5.41) is 4.15. The summed E-state index contributed by atoms with van der Waals surface area (Å²) in [7, 11) is 1.95. The maximum absolute atomic E-state index is 6.42. The summed E-state index contributed by atoms with van der Waals surface area (Å²) < 4.78 is 5.89. The fourth-order valence-corrected chi connectivity index (χ4v) is 2.86. The molecule has 3 heteroatoms. The number of hydrogen-bond donors (Lipinski definition) is 1. The van der Waals surface area contributed by atoms with Crippen LogP contribution in [-0.4, -0.2) is 13.2 Å². The minimum Gasteiger partial charge on any atom is -0.490 e. The molecule has 2 aromatic rings. The first-order valence-electron chi connectivity index (χ1n) is 7.37. The molecule has 110 valence electrons. The van der Waals surface area contributed by atoms with Crippen molar-refractivity contribution in [3.63, 3.8) is 0 Å². The van der Waals surface area contributed by atoms with Crippen LogP contribution in [0.3, 0.4) is 0 Å². The first-order valence-corrected chi connectivity index (χ1v) is 7.75. The number of hydrogen-bond acceptors (Lipinski definition) is 2. The van der Waals surface area contributed by atoms with E-state index in [1.54, 1.807) is 0 Å². The van der Waals surface area contributed by atoms with Crippen LogP contribution < -0.4 is 10.1 Å². The molecule has 1 aliphatic rings. The molecule has 0 amide bonds. The van der Waals surface area contributed by atoms with E-state index in [4.69, 9.17) is 16.3 Å². The van der Waals surface area contributed by atoms with Gasteiger partial charge in [-0.2, -0.15) is 0 Å². The second kappa shape index (κ2) is 6.08. The molecule has 21 heavy (non-hydrogen) atoms. The lowest BCUT2D eigenvalue weighted by atomic mass is 9.97. The van der Waals surface area contributed by atoms with Crippen LogP contribution in [0.1, 0.15) is 35.6 Å². The third kappa shape index (κ3) is 3.39. The molecule has 0 radical (unpaired) electrons. The first kappa shape index (κ1) is 14.4. The van der Waals surface area contributed by atoms with Gasteiger partial charge in [0.15, 0.2) is 0 Å². The Morgan fingerprint density at radius 1 is 1.19 bits per heavy atom. The maximum Gasteiger partial charge on any atom is 0.120 e. The first-order chi connectivity index (χ1) is 10.2. The van der Waals surface area contributed by atoms with E-state index in [1.165, 1.54) is 24.0 Å². The van der Waals surface area contributed by atoms with Gasteiger partial charge in [-0.3, -0.25) is 0 Å². The van der Waals surface area contributed by atoms with Gasteiger partial charge in [0.05, 0.1) is 12.1 Å². The lowest BCUT2D eigenvalue weighted by Crippen LogP contribution is -2.18. The third-order valence-corrected chi connectivity index (χ3v) is 4.10. The monoisotopic (exact) mass is 301 g/mol. The Bertz CT molecular complexity index is 637. The van der Waals surface area contributed by atoms with Crippen LogP contribution in [0, 0.1) is 6.92 Å². The van der Waals surface area contributed by atoms with Gasteiger partial charge in [0.2, 0.25) is 0 Å². The molecular formula is C18H20ClNO. The molecular weight excluding hydrogens is 282 g/mol. The largest absolute Gasteiger partial charge is 0.490 e. The molecule has 0 bridgehead atoms. The van der Waals surface area contributed by atoms with Crippen LogP contribution >= 0.6 is 11.6 Å². The zero-order valence-electron chi connectivity index (χ0n) is 12.4. The standard InChI is InChI=1S/C18H20ClNO/c1-12-6-9-16(17(19)10-12)18(20-2)13-4-3-5-15(11-13)21-14-7-8-14/h3-6,9-11,14,18,20H,7-8H2,1-2H3. The summed E-state index contributed by atoms with van der Waals surface area (Å²) in [6.45, 7) is 2.05. The van der Waals surface area contributed by atoms with E-state index in [0.717, 1.165) is 16.3 Å². The van der Waals surface area contributed by atoms with E-state index in [0.29, 0.717) is 6.10 Å². The number of nitrogens with one attached hydrogen (secondary N) is 1. The van der Waals surface area contributed by atoms with Gasteiger partial charge in [-0.15, -0.1) is 0 Å². The summed E-state index contributed by atoms with van der Waals surface area (Å²) in [5.41, 5.74) is 3.43. The third-order valence-electron chi connectivity index (χ3n) is 3.77. The Balaban J connectivity index is 1.91. The van der Waals surface area contributed by atoms with Crippen molar-refractivity contribution in [1.82, 2.24) is 5.32 Å². The Morgan fingerprint density at radius 3 is 2.67 bits per heavy atom. The highest BCUT2D eigenvalue weighted by molar-refractivity contribution is 6.31. The number of benzene rings is 2. The van der Waals surface area contributed by atoms with Gasteiger partial charge in [0, 0.05) is 5.02 Å². The summed E-state index contributed by atoms with van der Waals surface area (Å²) in [5.74, 6) is 0.943. The molecule has 1 fully saturated rings. The fraction of sp³-hybridized carbons (Fsp3) is 0.333.